The monoisotopic (exact) mass is 357 g/mol. The number of halogens is 1. The van der Waals surface area contributed by atoms with Crippen LogP contribution in [0.1, 0.15) is 32.3 Å². The lowest BCUT2D eigenvalue weighted by Crippen LogP contribution is -2.33. The third-order valence-corrected chi connectivity index (χ3v) is 4.02. The molecule has 118 valence electrons. The second-order valence-corrected chi connectivity index (χ2v) is 6.70. The minimum atomic E-state index is 0.125. The van der Waals surface area contributed by atoms with E-state index in [2.05, 4.69) is 35.1 Å². The summed E-state index contributed by atoms with van der Waals surface area (Å²) in [6.07, 6.45) is 1.86. The normalized spacial score (nSPS) is 15.9. The Hall–Kier alpha value is -0.780. The molecule has 0 aliphatic carbocycles. The molecule has 1 atom stereocenters. The summed E-state index contributed by atoms with van der Waals surface area (Å²) in [5, 5.41) is 12.8. The number of ether oxygens (including phenoxy) is 2. The number of benzene rings is 1. The first-order valence-electron chi connectivity index (χ1n) is 7.52. The van der Waals surface area contributed by atoms with Crippen molar-refractivity contribution in [2.45, 2.75) is 39.3 Å². The topological polar surface area (TPSA) is 50.7 Å². The Morgan fingerprint density at radius 2 is 2.05 bits per heavy atom. The minimum absolute atomic E-state index is 0.125. The Bertz CT molecular complexity index is 465. The summed E-state index contributed by atoms with van der Waals surface area (Å²) in [7, 11) is 0. The van der Waals surface area contributed by atoms with E-state index in [1.54, 1.807) is 0 Å². The number of hydrogen-bond acceptors (Lipinski definition) is 4. The van der Waals surface area contributed by atoms with Gasteiger partial charge in [-0.3, -0.25) is 0 Å². The predicted octanol–water partition coefficient (Wildman–Crippen LogP) is 3.11. The molecule has 1 aliphatic rings. The van der Waals surface area contributed by atoms with Gasteiger partial charge in [-0.2, -0.15) is 0 Å². The van der Waals surface area contributed by atoms with Crippen molar-refractivity contribution in [3.05, 3.63) is 22.2 Å². The maximum Gasteiger partial charge on any atom is 0.175 e. The van der Waals surface area contributed by atoms with Crippen molar-refractivity contribution in [2.75, 3.05) is 19.8 Å². The number of fused-ring (bicyclic) bond motifs is 1. The fourth-order valence-electron chi connectivity index (χ4n) is 2.44. The van der Waals surface area contributed by atoms with E-state index >= 15 is 0 Å². The number of aliphatic hydroxyl groups is 1. The molecule has 0 amide bonds. The van der Waals surface area contributed by atoms with Crippen molar-refractivity contribution < 1.29 is 14.6 Å². The Morgan fingerprint density at radius 1 is 1.29 bits per heavy atom. The average Bonchev–Trinajstić information content (AvgIpc) is 2.68. The van der Waals surface area contributed by atoms with Crippen LogP contribution < -0.4 is 14.8 Å². The Kier molecular flexibility index (Phi) is 6.33. The Labute approximate surface area is 135 Å². The lowest BCUT2D eigenvalue weighted by molar-refractivity contribution is 0.223. The van der Waals surface area contributed by atoms with Crippen LogP contribution in [0.5, 0.6) is 11.5 Å². The third-order valence-electron chi connectivity index (χ3n) is 3.43. The second kappa shape index (κ2) is 8.01. The highest BCUT2D eigenvalue weighted by Gasteiger charge is 2.16. The van der Waals surface area contributed by atoms with Gasteiger partial charge in [-0.25, -0.2) is 0 Å². The molecule has 0 saturated heterocycles. The van der Waals surface area contributed by atoms with Crippen molar-refractivity contribution >= 4 is 15.9 Å². The van der Waals surface area contributed by atoms with Gasteiger partial charge in [-0.1, -0.05) is 13.8 Å². The van der Waals surface area contributed by atoms with E-state index in [4.69, 9.17) is 9.47 Å². The molecule has 0 saturated carbocycles. The van der Waals surface area contributed by atoms with Crippen LogP contribution in [0.4, 0.5) is 0 Å². The van der Waals surface area contributed by atoms with Crippen molar-refractivity contribution in [1.82, 2.24) is 5.32 Å². The summed E-state index contributed by atoms with van der Waals surface area (Å²) < 4.78 is 12.4. The van der Waals surface area contributed by atoms with Crippen LogP contribution in [0.2, 0.25) is 0 Å². The zero-order valence-corrected chi connectivity index (χ0v) is 14.3. The van der Waals surface area contributed by atoms with Crippen LogP contribution in [0.25, 0.3) is 0 Å². The zero-order chi connectivity index (χ0) is 15.2. The van der Waals surface area contributed by atoms with Crippen LogP contribution >= 0.6 is 15.9 Å². The van der Waals surface area contributed by atoms with E-state index in [-0.39, 0.29) is 12.6 Å². The van der Waals surface area contributed by atoms with Gasteiger partial charge in [0.2, 0.25) is 0 Å². The fraction of sp³-hybridized carbons (Fsp3) is 0.625. The molecule has 0 spiro atoms. The molecule has 0 aromatic heterocycles. The summed E-state index contributed by atoms with van der Waals surface area (Å²) >= 11 is 3.55. The van der Waals surface area contributed by atoms with Gasteiger partial charge >= 0.3 is 0 Å². The van der Waals surface area contributed by atoms with Crippen molar-refractivity contribution in [2.24, 2.45) is 5.92 Å². The summed E-state index contributed by atoms with van der Waals surface area (Å²) in [5.74, 6) is 2.14. The summed E-state index contributed by atoms with van der Waals surface area (Å²) in [5.41, 5.74) is 1.12. The van der Waals surface area contributed by atoms with Gasteiger partial charge in [0.1, 0.15) is 0 Å². The average molecular weight is 358 g/mol. The highest BCUT2D eigenvalue weighted by Crippen LogP contribution is 2.38. The molecule has 1 aromatic carbocycles. The molecule has 21 heavy (non-hydrogen) atoms. The van der Waals surface area contributed by atoms with Gasteiger partial charge in [0.05, 0.1) is 24.3 Å². The summed E-state index contributed by atoms with van der Waals surface area (Å²) in [6, 6.07) is 4.19. The smallest absolute Gasteiger partial charge is 0.175 e. The van der Waals surface area contributed by atoms with E-state index in [0.29, 0.717) is 25.7 Å². The Balaban J connectivity index is 2.03. The Morgan fingerprint density at radius 3 is 2.76 bits per heavy atom. The number of nitrogens with one attached hydrogen (secondary N) is 1. The lowest BCUT2D eigenvalue weighted by atomic mass is 10.0. The quantitative estimate of drug-likeness (QED) is 0.821. The highest BCUT2D eigenvalue weighted by atomic mass is 79.9. The molecule has 2 N–H and O–H groups in total. The van der Waals surface area contributed by atoms with Crippen LogP contribution in [-0.4, -0.2) is 31.0 Å². The molecular formula is C16H24BrNO3. The minimum Gasteiger partial charge on any atom is -0.490 e. The SMILES string of the molecule is CC(C)CC(CO)NCc1cc(Br)c2c(c1)OCCCO2. The maximum atomic E-state index is 9.42. The highest BCUT2D eigenvalue weighted by molar-refractivity contribution is 9.10. The first-order chi connectivity index (χ1) is 10.1. The molecule has 5 heteroatoms. The first-order valence-corrected chi connectivity index (χ1v) is 8.31. The summed E-state index contributed by atoms with van der Waals surface area (Å²) in [6.45, 7) is 6.55. The molecule has 4 nitrogen and oxygen atoms in total. The molecule has 1 heterocycles. The molecule has 0 fully saturated rings. The number of aliphatic hydroxyl groups excluding tert-OH is 1. The number of rotatable bonds is 6. The third kappa shape index (κ3) is 4.87. The van der Waals surface area contributed by atoms with Crippen molar-refractivity contribution in [3.8, 4) is 11.5 Å². The fourth-order valence-corrected chi connectivity index (χ4v) is 3.04. The van der Waals surface area contributed by atoms with Crippen molar-refractivity contribution in [1.29, 1.82) is 0 Å². The molecule has 1 aromatic rings. The van der Waals surface area contributed by atoms with Gasteiger partial charge in [0.25, 0.3) is 0 Å². The van der Waals surface area contributed by atoms with Crippen LogP contribution in [0.3, 0.4) is 0 Å². The standard InChI is InChI=1S/C16H24BrNO3/c1-11(2)6-13(10-19)18-9-12-7-14(17)16-15(8-12)20-4-3-5-21-16/h7-8,11,13,18-19H,3-6,9-10H2,1-2H3. The number of hydrogen-bond donors (Lipinski definition) is 2. The van der Waals surface area contributed by atoms with Gasteiger partial charge in [-0.05, 0) is 46.0 Å². The van der Waals surface area contributed by atoms with Gasteiger partial charge < -0.3 is 19.9 Å². The van der Waals surface area contributed by atoms with Gasteiger partial charge in [-0.15, -0.1) is 0 Å². The molecule has 0 bridgehead atoms. The van der Waals surface area contributed by atoms with E-state index < -0.39 is 0 Å². The molecule has 1 aliphatic heterocycles. The lowest BCUT2D eigenvalue weighted by Gasteiger charge is -2.19. The molecule has 2 rings (SSSR count). The van der Waals surface area contributed by atoms with Crippen LogP contribution in [0, 0.1) is 5.92 Å². The van der Waals surface area contributed by atoms with E-state index in [9.17, 15) is 5.11 Å². The summed E-state index contributed by atoms with van der Waals surface area (Å²) in [4.78, 5) is 0. The first kappa shape index (κ1) is 16.6. The van der Waals surface area contributed by atoms with Gasteiger partial charge in [0.15, 0.2) is 11.5 Å². The van der Waals surface area contributed by atoms with E-state index in [1.165, 1.54) is 0 Å². The molecule has 1 unspecified atom stereocenters. The molecule has 0 radical (unpaired) electrons. The van der Waals surface area contributed by atoms with Crippen molar-refractivity contribution in [3.63, 3.8) is 0 Å². The largest absolute Gasteiger partial charge is 0.490 e. The van der Waals surface area contributed by atoms with Crippen LogP contribution in [-0.2, 0) is 6.54 Å². The van der Waals surface area contributed by atoms with Gasteiger partial charge in [0, 0.05) is 19.0 Å². The zero-order valence-electron chi connectivity index (χ0n) is 12.7. The predicted molar refractivity (Wildman–Crippen MR) is 86.9 cm³/mol. The maximum absolute atomic E-state index is 9.42. The van der Waals surface area contributed by atoms with E-state index in [1.807, 2.05) is 12.1 Å². The van der Waals surface area contributed by atoms with Crippen LogP contribution in [0.15, 0.2) is 16.6 Å². The molecular weight excluding hydrogens is 334 g/mol. The second-order valence-electron chi connectivity index (χ2n) is 5.85. The van der Waals surface area contributed by atoms with E-state index in [0.717, 1.165) is 34.4 Å².